The van der Waals surface area contributed by atoms with E-state index in [0.29, 0.717) is 0 Å². The molecule has 1 aliphatic heterocycles. The first-order chi connectivity index (χ1) is 9.17. The van der Waals surface area contributed by atoms with Crippen LogP contribution in [0.25, 0.3) is 0 Å². The van der Waals surface area contributed by atoms with Gasteiger partial charge in [-0.2, -0.15) is 13.2 Å². The predicted molar refractivity (Wildman–Crippen MR) is 62.4 cm³/mol. The molecule has 2 N–H and O–H groups in total. The summed E-state index contributed by atoms with van der Waals surface area (Å²) in [6.07, 6.45) is -4.26. The molecule has 1 atom stereocenters. The first kappa shape index (κ1) is 14.7. The summed E-state index contributed by atoms with van der Waals surface area (Å²) in [5, 5.41) is 9.13. The van der Waals surface area contributed by atoms with Crippen LogP contribution in [0.5, 0.6) is 0 Å². The van der Waals surface area contributed by atoms with Crippen LogP contribution in [-0.2, 0) is 4.79 Å². The van der Waals surface area contributed by atoms with Gasteiger partial charge in [0, 0.05) is 19.3 Å². The second kappa shape index (κ2) is 4.69. The van der Waals surface area contributed by atoms with E-state index in [1.165, 1.54) is 12.3 Å². The van der Waals surface area contributed by atoms with Gasteiger partial charge < -0.3 is 15.0 Å². The lowest BCUT2D eigenvalue weighted by molar-refractivity contribution is -0.227. The lowest BCUT2D eigenvalue weighted by Crippen LogP contribution is -2.47. The summed E-state index contributed by atoms with van der Waals surface area (Å²) in [7, 11) is 0. The molecule has 9 heteroatoms. The van der Waals surface area contributed by atoms with Gasteiger partial charge in [-0.1, -0.05) is 11.6 Å². The number of carboxylic acids is 1. The number of nitrogens with one attached hydrogen (secondary N) is 1. The minimum atomic E-state index is -4.92. The van der Waals surface area contributed by atoms with Crippen molar-refractivity contribution in [1.82, 2.24) is 9.88 Å². The highest BCUT2D eigenvalue weighted by Gasteiger charge is 2.64. The van der Waals surface area contributed by atoms with Crippen molar-refractivity contribution in [2.75, 3.05) is 13.1 Å². The second-order valence-electron chi connectivity index (χ2n) is 4.59. The van der Waals surface area contributed by atoms with Crippen molar-refractivity contribution in [2.45, 2.75) is 12.6 Å². The highest BCUT2D eigenvalue weighted by Crippen LogP contribution is 2.45. The van der Waals surface area contributed by atoms with Gasteiger partial charge in [-0.15, -0.1) is 0 Å². The molecule has 1 aromatic heterocycles. The van der Waals surface area contributed by atoms with Gasteiger partial charge in [0.1, 0.15) is 5.69 Å². The van der Waals surface area contributed by atoms with Crippen molar-refractivity contribution in [3.8, 4) is 0 Å². The smallest absolute Gasteiger partial charge is 0.406 e. The van der Waals surface area contributed by atoms with Crippen molar-refractivity contribution >= 4 is 23.5 Å². The molecule has 0 spiro atoms. The van der Waals surface area contributed by atoms with Gasteiger partial charge in [0.05, 0.1) is 5.02 Å². The van der Waals surface area contributed by atoms with Crippen LogP contribution in [0.2, 0.25) is 5.02 Å². The maximum absolute atomic E-state index is 13.0. The Bertz CT molecular complexity index is 557. The largest absolute Gasteiger partial charge is 0.481 e. The van der Waals surface area contributed by atoms with Crippen LogP contribution >= 0.6 is 11.6 Å². The molecule has 0 saturated carbocycles. The fourth-order valence-corrected chi connectivity index (χ4v) is 2.34. The summed E-state index contributed by atoms with van der Waals surface area (Å²) in [4.78, 5) is 26.4. The van der Waals surface area contributed by atoms with Crippen LogP contribution in [-0.4, -0.2) is 46.1 Å². The summed E-state index contributed by atoms with van der Waals surface area (Å²) in [5.74, 6) is -2.67. The number of carboxylic acid groups (broad SMARTS) is 1. The molecule has 5 nitrogen and oxygen atoms in total. The number of carbonyl (C=O) groups excluding carboxylic acids is 1. The van der Waals surface area contributed by atoms with Gasteiger partial charge in [0.15, 0.2) is 5.41 Å². The van der Waals surface area contributed by atoms with Crippen LogP contribution in [0.4, 0.5) is 13.2 Å². The zero-order chi connectivity index (χ0) is 15.1. The molecule has 0 aromatic carbocycles. The summed E-state index contributed by atoms with van der Waals surface area (Å²) in [6, 6.07) is 1.28. The summed E-state index contributed by atoms with van der Waals surface area (Å²) in [6.45, 7) is -1.18. The Morgan fingerprint density at radius 2 is 2.10 bits per heavy atom. The molecule has 1 amide bonds. The summed E-state index contributed by atoms with van der Waals surface area (Å²) in [5.41, 5.74) is -2.88. The number of amides is 1. The van der Waals surface area contributed by atoms with Crippen LogP contribution in [0.1, 0.15) is 16.9 Å². The Kier molecular flexibility index (Phi) is 3.45. The molecule has 0 aliphatic carbocycles. The number of halogens is 4. The number of likely N-dealkylation sites (tertiary alicyclic amines) is 1. The quantitative estimate of drug-likeness (QED) is 0.879. The Morgan fingerprint density at radius 1 is 1.45 bits per heavy atom. The average molecular weight is 311 g/mol. The maximum atomic E-state index is 13.0. The number of alkyl halides is 3. The van der Waals surface area contributed by atoms with Gasteiger partial charge in [-0.25, -0.2) is 0 Å². The van der Waals surface area contributed by atoms with Crippen LogP contribution < -0.4 is 0 Å². The Hall–Kier alpha value is -1.70. The third kappa shape index (κ3) is 2.24. The number of nitrogens with zero attached hydrogens (tertiary/aromatic N) is 1. The average Bonchev–Trinajstić information content (AvgIpc) is 2.93. The highest BCUT2D eigenvalue weighted by atomic mass is 35.5. The van der Waals surface area contributed by atoms with Crippen molar-refractivity contribution in [1.29, 1.82) is 0 Å². The van der Waals surface area contributed by atoms with E-state index < -0.39 is 36.4 Å². The molecular weight excluding hydrogens is 301 g/mol. The van der Waals surface area contributed by atoms with Crippen LogP contribution in [0.3, 0.4) is 0 Å². The molecular formula is C11H10ClF3N2O3. The Morgan fingerprint density at radius 3 is 2.50 bits per heavy atom. The minimum absolute atomic E-state index is 0.0263. The number of carbonyl (C=O) groups is 2. The predicted octanol–water partition coefficient (Wildman–Crippen LogP) is 2.15. The van der Waals surface area contributed by atoms with Gasteiger partial charge in [-0.05, 0) is 12.5 Å². The fraction of sp³-hybridized carbons (Fsp3) is 0.455. The van der Waals surface area contributed by atoms with E-state index in [2.05, 4.69) is 4.98 Å². The molecule has 2 heterocycles. The fourth-order valence-electron chi connectivity index (χ4n) is 2.17. The van der Waals surface area contributed by atoms with Crippen molar-refractivity contribution in [3.63, 3.8) is 0 Å². The van der Waals surface area contributed by atoms with Gasteiger partial charge >= 0.3 is 12.1 Å². The molecule has 20 heavy (non-hydrogen) atoms. The topological polar surface area (TPSA) is 73.4 Å². The van der Waals surface area contributed by atoms with Gasteiger partial charge in [0.25, 0.3) is 5.91 Å². The van der Waals surface area contributed by atoms with E-state index in [0.717, 1.165) is 4.90 Å². The number of H-pyrrole nitrogens is 1. The first-order valence-corrected chi connectivity index (χ1v) is 5.98. The first-order valence-electron chi connectivity index (χ1n) is 5.61. The van der Waals surface area contributed by atoms with E-state index in [4.69, 9.17) is 16.7 Å². The Labute approximate surface area is 116 Å². The monoisotopic (exact) mass is 310 g/mol. The Balaban J connectivity index is 2.23. The molecule has 1 fully saturated rings. The van der Waals surface area contributed by atoms with E-state index in [1.807, 2.05) is 0 Å². The molecule has 110 valence electrons. The number of hydrogen-bond acceptors (Lipinski definition) is 2. The van der Waals surface area contributed by atoms with Crippen molar-refractivity contribution in [3.05, 3.63) is 23.0 Å². The summed E-state index contributed by atoms with van der Waals surface area (Å²) >= 11 is 5.61. The van der Waals surface area contributed by atoms with E-state index >= 15 is 0 Å². The third-order valence-corrected chi connectivity index (χ3v) is 3.60. The molecule has 1 unspecified atom stereocenters. The molecule has 1 aromatic rings. The summed E-state index contributed by atoms with van der Waals surface area (Å²) < 4.78 is 38.9. The van der Waals surface area contributed by atoms with Crippen molar-refractivity contribution in [2.24, 2.45) is 5.41 Å². The minimum Gasteiger partial charge on any atom is -0.481 e. The van der Waals surface area contributed by atoms with E-state index in [9.17, 15) is 22.8 Å². The lowest BCUT2D eigenvalue weighted by Gasteiger charge is -2.27. The lowest BCUT2D eigenvalue weighted by atomic mass is 9.86. The normalized spacial score (nSPS) is 23.1. The van der Waals surface area contributed by atoms with Gasteiger partial charge in [-0.3, -0.25) is 9.59 Å². The third-order valence-electron chi connectivity index (χ3n) is 3.39. The number of hydrogen-bond donors (Lipinski definition) is 2. The molecule has 2 rings (SSSR count). The number of rotatable bonds is 2. The number of aliphatic carboxylic acids is 1. The van der Waals surface area contributed by atoms with Crippen molar-refractivity contribution < 1.29 is 27.9 Å². The number of aromatic nitrogens is 1. The van der Waals surface area contributed by atoms with Crippen LogP contribution in [0.15, 0.2) is 12.3 Å². The molecule has 0 bridgehead atoms. The standard InChI is InChI=1S/C11H10ClF3N2O3/c12-6-3-7(16-4-6)8(18)17-2-1-10(5-17,9(19)20)11(13,14)15/h3-4,16H,1-2,5H2,(H,19,20). The van der Waals surface area contributed by atoms with Gasteiger partial charge in [0.2, 0.25) is 0 Å². The molecule has 1 saturated heterocycles. The van der Waals surface area contributed by atoms with Crippen LogP contribution in [0, 0.1) is 5.41 Å². The highest BCUT2D eigenvalue weighted by molar-refractivity contribution is 6.30. The van der Waals surface area contributed by atoms with E-state index in [1.54, 1.807) is 0 Å². The second-order valence-corrected chi connectivity index (χ2v) is 5.03. The zero-order valence-electron chi connectivity index (χ0n) is 10.00. The molecule has 0 radical (unpaired) electrons. The molecule has 1 aliphatic rings. The SMILES string of the molecule is O=C(c1cc(Cl)c[nH]1)N1CCC(C(=O)O)(C(F)(F)F)C1. The zero-order valence-corrected chi connectivity index (χ0v) is 10.8. The number of aromatic amines is 1. The van der Waals surface area contributed by atoms with E-state index in [-0.39, 0.29) is 17.3 Å². The maximum Gasteiger partial charge on any atom is 0.406 e.